The Balaban J connectivity index is 3.37. The van der Waals surface area contributed by atoms with Gasteiger partial charge < -0.3 is 0 Å². The molecular formula is C10H14BrFSSi. The first-order chi connectivity index (χ1) is 6.36. The van der Waals surface area contributed by atoms with Gasteiger partial charge in [0.1, 0.15) is 5.82 Å². The Bertz CT molecular complexity index is 347. The smallest absolute Gasteiger partial charge is 0.136 e. The molecule has 0 saturated heterocycles. The highest BCUT2D eigenvalue weighted by Gasteiger charge is 2.23. The van der Waals surface area contributed by atoms with Crippen LogP contribution in [0.2, 0.25) is 19.6 Å². The lowest BCUT2D eigenvalue weighted by molar-refractivity contribution is 0.609. The van der Waals surface area contributed by atoms with E-state index in [4.69, 9.17) is 0 Å². The molecule has 0 unspecified atom stereocenters. The van der Waals surface area contributed by atoms with E-state index in [1.807, 2.05) is 18.4 Å². The van der Waals surface area contributed by atoms with Crippen LogP contribution in [0.4, 0.5) is 4.39 Å². The molecule has 4 heteroatoms. The molecule has 0 aliphatic heterocycles. The fourth-order valence-electron chi connectivity index (χ4n) is 1.26. The molecule has 0 N–H and O–H groups in total. The van der Waals surface area contributed by atoms with Crippen LogP contribution in [0.15, 0.2) is 21.5 Å². The zero-order chi connectivity index (χ0) is 10.9. The van der Waals surface area contributed by atoms with Crippen molar-refractivity contribution in [1.29, 1.82) is 0 Å². The molecular weight excluding hydrogens is 279 g/mol. The second kappa shape index (κ2) is 4.37. The maximum Gasteiger partial charge on any atom is 0.136 e. The van der Waals surface area contributed by atoms with Crippen molar-refractivity contribution in [2.75, 3.05) is 6.26 Å². The summed E-state index contributed by atoms with van der Waals surface area (Å²) >= 11 is 4.88. The van der Waals surface area contributed by atoms with Crippen LogP contribution in [0.3, 0.4) is 0 Å². The van der Waals surface area contributed by atoms with Gasteiger partial charge in [0.2, 0.25) is 0 Å². The standard InChI is InChI=1S/C10H14BrFSSi/c1-13-8-5-7(11)6-9(10(8)12)14(2,3)4/h5-6H,1-4H3. The van der Waals surface area contributed by atoms with E-state index in [0.717, 1.165) is 14.6 Å². The van der Waals surface area contributed by atoms with E-state index in [1.54, 1.807) is 0 Å². The zero-order valence-electron chi connectivity index (χ0n) is 8.82. The molecule has 0 saturated carbocycles. The van der Waals surface area contributed by atoms with Crippen molar-refractivity contribution in [3.05, 3.63) is 22.4 Å². The SMILES string of the molecule is CSc1cc(Br)cc([Si](C)(C)C)c1F. The van der Waals surface area contributed by atoms with Gasteiger partial charge in [0.05, 0.1) is 8.07 Å². The van der Waals surface area contributed by atoms with Crippen molar-refractivity contribution in [2.45, 2.75) is 24.5 Å². The molecule has 0 heterocycles. The minimum Gasteiger partial charge on any atom is -0.206 e. The van der Waals surface area contributed by atoms with E-state index >= 15 is 0 Å². The zero-order valence-corrected chi connectivity index (χ0v) is 12.2. The van der Waals surface area contributed by atoms with Crippen LogP contribution < -0.4 is 5.19 Å². The first-order valence-electron chi connectivity index (χ1n) is 4.40. The lowest BCUT2D eigenvalue weighted by atomic mass is 10.3. The van der Waals surface area contributed by atoms with Gasteiger partial charge in [-0.1, -0.05) is 35.6 Å². The summed E-state index contributed by atoms with van der Waals surface area (Å²) < 4.78 is 14.9. The van der Waals surface area contributed by atoms with Crippen molar-refractivity contribution >= 4 is 41.0 Å². The van der Waals surface area contributed by atoms with E-state index in [-0.39, 0.29) is 5.82 Å². The summed E-state index contributed by atoms with van der Waals surface area (Å²) in [6.45, 7) is 6.46. The second-order valence-electron chi connectivity index (χ2n) is 4.22. The van der Waals surface area contributed by atoms with Crippen LogP contribution in [-0.4, -0.2) is 14.3 Å². The van der Waals surface area contributed by atoms with Crippen LogP contribution in [-0.2, 0) is 0 Å². The van der Waals surface area contributed by atoms with Gasteiger partial charge in [-0.15, -0.1) is 11.8 Å². The van der Waals surface area contributed by atoms with Gasteiger partial charge in [0.25, 0.3) is 0 Å². The second-order valence-corrected chi connectivity index (χ2v) is 11.0. The Kier molecular flexibility index (Phi) is 3.83. The number of halogens is 2. The monoisotopic (exact) mass is 292 g/mol. The highest BCUT2D eigenvalue weighted by molar-refractivity contribution is 9.10. The van der Waals surface area contributed by atoms with E-state index in [2.05, 4.69) is 35.6 Å². The predicted octanol–water partition coefficient (Wildman–Crippen LogP) is 3.86. The molecule has 0 aliphatic rings. The average molecular weight is 293 g/mol. The number of hydrogen-bond donors (Lipinski definition) is 0. The van der Waals surface area contributed by atoms with Crippen LogP contribution in [0.25, 0.3) is 0 Å². The molecule has 0 fully saturated rings. The van der Waals surface area contributed by atoms with Crippen LogP contribution in [0.1, 0.15) is 0 Å². The summed E-state index contributed by atoms with van der Waals surface area (Å²) in [6, 6.07) is 3.75. The van der Waals surface area contributed by atoms with Gasteiger partial charge >= 0.3 is 0 Å². The van der Waals surface area contributed by atoms with E-state index in [9.17, 15) is 4.39 Å². The van der Waals surface area contributed by atoms with Gasteiger partial charge in [0, 0.05) is 9.37 Å². The summed E-state index contributed by atoms with van der Waals surface area (Å²) in [7, 11) is -1.58. The summed E-state index contributed by atoms with van der Waals surface area (Å²) in [4.78, 5) is 0.733. The molecule has 1 aromatic rings. The van der Waals surface area contributed by atoms with Crippen molar-refractivity contribution in [2.24, 2.45) is 0 Å². The Morgan fingerprint density at radius 2 is 1.86 bits per heavy atom. The topological polar surface area (TPSA) is 0 Å². The third-order valence-corrected chi connectivity index (χ3v) is 5.21. The lowest BCUT2D eigenvalue weighted by Gasteiger charge is -2.19. The third kappa shape index (κ3) is 2.61. The molecule has 1 rings (SSSR count). The average Bonchev–Trinajstić information content (AvgIpc) is 2.06. The molecule has 0 radical (unpaired) electrons. The minimum atomic E-state index is -1.58. The van der Waals surface area contributed by atoms with E-state index < -0.39 is 8.07 Å². The summed E-state index contributed by atoms with van der Waals surface area (Å²) in [5, 5.41) is 0.899. The fraction of sp³-hybridized carbons (Fsp3) is 0.400. The first-order valence-corrected chi connectivity index (χ1v) is 9.91. The highest BCUT2D eigenvalue weighted by Crippen LogP contribution is 2.24. The molecule has 14 heavy (non-hydrogen) atoms. The number of hydrogen-bond acceptors (Lipinski definition) is 1. The Morgan fingerprint density at radius 3 is 2.29 bits per heavy atom. The number of benzene rings is 1. The van der Waals surface area contributed by atoms with Gasteiger partial charge in [-0.25, -0.2) is 4.39 Å². The molecule has 1 aromatic carbocycles. The molecule has 0 amide bonds. The Hall–Kier alpha value is 0.197. The van der Waals surface area contributed by atoms with E-state index in [1.165, 1.54) is 11.8 Å². The predicted molar refractivity (Wildman–Crippen MR) is 68.9 cm³/mol. The lowest BCUT2D eigenvalue weighted by Crippen LogP contribution is -2.40. The van der Waals surface area contributed by atoms with Crippen LogP contribution in [0.5, 0.6) is 0 Å². The van der Waals surface area contributed by atoms with Gasteiger partial charge in [0.15, 0.2) is 0 Å². The van der Waals surface area contributed by atoms with Crippen LogP contribution >= 0.6 is 27.7 Å². The van der Waals surface area contributed by atoms with E-state index in [0.29, 0.717) is 0 Å². The summed E-state index contributed by atoms with van der Waals surface area (Å²) in [5.74, 6) is -0.0279. The Morgan fingerprint density at radius 1 is 1.29 bits per heavy atom. The van der Waals surface area contributed by atoms with Gasteiger partial charge in [-0.3, -0.25) is 0 Å². The highest BCUT2D eigenvalue weighted by atomic mass is 79.9. The van der Waals surface area contributed by atoms with Crippen molar-refractivity contribution in [1.82, 2.24) is 0 Å². The van der Waals surface area contributed by atoms with Crippen LogP contribution in [0, 0.1) is 5.82 Å². The molecule has 0 nitrogen and oxygen atoms in total. The van der Waals surface area contributed by atoms with Crippen molar-refractivity contribution < 1.29 is 4.39 Å². The molecule has 0 bridgehead atoms. The molecule has 0 atom stereocenters. The number of rotatable bonds is 2. The number of thioether (sulfide) groups is 1. The minimum absolute atomic E-state index is 0.0279. The maximum atomic E-state index is 13.9. The normalized spacial score (nSPS) is 11.9. The Labute approximate surface area is 98.4 Å². The largest absolute Gasteiger partial charge is 0.206 e. The molecule has 0 spiro atoms. The third-order valence-electron chi connectivity index (χ3n) is 2.03. The summed E-state index contributed by atoms with van der Waals surface area (Å²) in [6.07, 6.45) is 1.90. The first kappa shape index (κ1) is 12.3. The van der Waals surface area contributed by atoms with Gasteiger partial charge in [-0.05, 0) is 23.6 Å². The summed E-state index contributed by atoms with van der Waals surface area (Å²) in [5.41, 5.74) is 0. The maximum absolute atomic E-state index is 13.9. The quantitative estimate of drug-likeness (QED) is 0.589. The van der Waals surface area contributed by atoms with Crippen molar-refractivity contribution in [3.8, 4) is 0 Å². The van der Waals surface area contributed by atoms with Gasteiger partial charge in [-0.2, -0.15) is 0 Å². The molecule has 78 valence electrons. The fourth-order valence-corrected chi connectivity index (χ4v) is 4.09. The molecule has 0 aromatic heterocycles. The van der Waals surface area contributed by atoms with Crippen molar-refractivity contribution in [3.63, 3.8) is 0 Å². The molecule has 0 aliphatic carbocycles.